The second-order valence-corrected chi connectivity index (χ2v) is 4.46. The lowest BCUT2D eigenvalue weighted by molar-refractivity contribution is 0.111. The quantitative estimate of drug-likeness (QED) is 0.715. The van der Waals surface area contributed by atoms with Crippen LogP contribution in [0.15, 0.2) is 18.2 Å². The van der Waals surface area contributed by atoms with Gasteiger partial charge in [0, 0.05) is 6.54 Å². The molecule has 0 spiro atoms. The van der Waals surface area contributed by atoms with E-state index in [4.69, 9.17) is 0 Å². The minimum Gasteiger partial charge on any atom is -0.306 e. The molecule has 2 rings (SSSR count). The van der Waals surface area contributed by atoms with Crippen molar-refractivity contribution in [1.29, 1.82) is 0 Å². The van der Waals surface area contributed by atoms with Crippen molar-refractivity contribution in [3.8, 4) is 0 Å². The summed E-state index contributed by atoms with van der Waals surface area (Å²) in [5.74, 6) is -0.115. The average Bonchev–Trinajstić information content (AvgIpc) is 2.28. The summed E-state index contributed by atoms with van der Waals surface area (Å²) in [5, 5.41) is 0. The average molecular weight is 221 g/mol. The molecule has 0 saturated carbocycles. The molecule has 1 aromatic carbocycles. The standard InChI is InChI=1S/C13H16FNO/c1-15-7-3-4-10(8-15)11-5-2-6-13(14)12(11)9-16/h2,5-6,9-10H,3-4,7-8H2,1H3. The molecule has 3 heteroatoms. The molecule has 1 atom stereocenters. The molecule has 86 valence electrons. The zero-order valence-corrected chi connectivity index (χ0v) is 9.45. The second-order valence-electron chi connectivity index (χ2n) is 4.46. The Hall–Kier alpha value is -1.22. The van der Waals surface area contributed by atoms with Crippen LogP contribution in [0.25, 0.3) is 0 Å². The van der Waals surface area contributed by atoms with E-state index in [2.05, 4.69) is 11.9 Å². The largest absolute Gasteiger partial charge is 0.306 e. The summed E-state index contributed by atoms with van der Waals surface area (Å²) in [4.78, 5) is 13.1. The van der Waals surface area contributed by atoms with Crippen molar-refractivity contribution in [3.05, 3.63) is 35.1 Å². The number of carbonyl (C=O) groups is 1. The third-order valence-corrected chi connectivity index (χ3v) is 3.27. The number of hydrogen-bond acceptors (Lipinski definition) is 2. The smallest absolute Gasteiger partial charge is 0.153 e. The van der Waals surface area contributed by atoms with E-state index in [9.17, 15) is 9.18 Å². The van der Waals surface area contributed by atoms with E-state index in [1.54, 1.807) is 6.07 Å². The van der Waals surface area contributed by atoms with Gasteiger partial charge in [0.15, 0.2) is 6.29 Å². The van der Waals surface area contributed by atoms with Crippen molar-refractivity contribution in [1.82, 2.24) is 4.90 Å². The van der Waals surface area contributed by atoms with E-state index in [0.29, 0.717) is 6.29 Å². The van der Waals surface area contributed by atoms with Crippen molar-refractivity contribution in [2.45, 2.75) is 18.8 Å². The molecule has 1 aliphatic rings. The molecule has 1 saturated heterocycles. The van der Waals surface area contributed by atoms with Crippen molar-refractivity contribution >= 4 is 6.29 Å². The van der Waals surface area contributed by atoms with E-state index in [1.807, 2.05) is 6.07 Å². The van der Waals surface area contributed by atoms with Gasteiger partial charge in [0.05, 0.1) is 5.56 Å². The molecule has 1 aliphatic heterocycles. The first-order chi connectivity index (χ1) is 7.72. The van der Waals surface area contributed by atoms with Crippen LogP contribution in [-0.2, 0) is 0 Å². The second kappa shape index (κ2) is 4.74. The highest BCUT2D eigenvalue weighted by Crippen LogP contribution is 2.29. The summed E-state index contributed by atoms with van der Waals surface area (Å²) < 4.78 is 13.5. The third kappa shape index (κ3) is 2.14. The molecule has 1 fully saturated rings. The first-order valence-corrected chi connectivity index (χ1v) is 5.64. The first kappa shape index (κ1) is 11.3. The summed E-state index contributed by atoms with van der Waals surface area (Å²) >= 11 is 0. The minimum absolute atomic E-state index is 0.239. The van der Waals surface area contributed by atoms with Crippen molar-refractivity contribution in [2.24, 2.45) is 0 Å². The maximum absolute atomic E-state index is 13.5. The van der Waals surface area contributed by atoms with E-state index in [1.165, 1.54) is 6.07 Å². The highest BCUT2D eigenvalue weighted by atomic mass is 19.1. The fourth-order valence-corrected chi connectivity index (χ4v) is 2.45. The normalized spacial score (nSPS) is 22.0. The lowest BCUT2D eigenvalue weighted by atomic mass is 9.88. The highest BCUT2D eigenvalue weighted by Gasteiger charge is 2.22. The number of likely N-dealkylation sites (tertiary alicyclic amines) is 1. The summed E-state index contributed by atoms with van der Waals surface area (Å²) in [5.41, 5.74) is 1.10. The molecule has 2 nitrogen and oxygen atoms in total. The van der Waals surface area contributed by atoms with E-state index in [0.717, 1.165) is 31.5 Å². The molecule has 0 aromatic heterocycles. The number of nitrogens with zero attached hydrogens (tertiary/aromatic N) is 1. The van der Waals surface area contributed by atoms with E-state index >= 15 is 0 Å². The zero-order valence-electron chi connectivity index (χ0n) is 9.45. The monoisotopic (exact) mass is 221 g/mol. The fraction of sp³-hybridized carbons (Fsp3) is 0.462. The number of halogens is 1. The molecular formula is C13H16FNO. The Morgan fingerprint density at radius 3 is 3.00 bits per heavy atom. The Morgan fingerprint density at radius 1 is 1.50 bits per heavy atom. The van der Waals surface area contributed by atoms with Crippen LogP contribution in [0.2, 0.25) is 0 Å². The van der Waals surface area contributed by atoms with Crippen LogP contribution in [0.1, 0.15) is 34.7 Å². The van der Waals surface area contributed by atoms with E-state index in [-0.39, 0.29) is 11.5 Å². The van der Waals surface area contributed by atoms with Gasteiger partial charge in [-0.05, 0) is 44.0 Å². The van der Waals surface area contributed by atoms with Crippen LogP contribution in [0.5, 0.6) is 0 Å². The van der Waals surface area contributed by atoms with E-state index < -0.39 is 5.82 Å². The van der Waals surface area contributed by atoms with Gasteiger partial charge in [-0.1, -0.05) is 12.1 Å². The predicted molar refractivity (Wildman–Crippen MR) is 61.3 cm³/mol. The van der Waals surface area contributed by atoms with Gasteiger partial charge in [-0.25, -0.2) is 4.39 Å². The number of carbonyl (C=O) groups excluding carboxylic acids is 1. The predicted octanol–water partition coefficient (Wildman–Crippen LogP) is 2.45. The number of rotatable bonds is 2. The fourth-order valence-electron chi connectivity index (χ4n) is 2.45. The molecule has 1 aromatic rings. The maximum atomic E-state index is 13.5. The molecule has 0 N–H and O–H groups in total. The van der Waals surface area contributed by atoms with Crippen molar-refractivity contribution < 1.29 is 9.18 Å². The first-order valence-electron chi connectivity index (χ1n) is 5.64. The number of piperidine rings is 1. The van der Waals surface area contributed by atoms with Crippen LogP contribution in [0.3, 0.4) is 0 Å². The molecular weight excluding hydrogens is 205 g/mol. The Bertz CT molecular complexity index is 392. The molecule has 16 heavy (non-hydrogen) atoms. The molecule has 0 amide bonds. The van der Waals surface area contributed by atoms with Gasteiger partial charge in [0.2, 0.25) is 0 Å². The molecule has 1 heterocycles. The minimum atomic E-state index is -0.402. The SMILES string of the molecule is CN1CCCC(c2cccc(F)c2C=O)C1. The lowest BCUT2D eigenvalue weighted by Gasteiger charge is -2.30. The summed E-state index contributed by atoms with van der Waals surface area (Å²) in [6.07, 6.45) is 2.78. The van der Waals surface area contributed by atoms with Crippen LogP contribution >= 0.6 is 0 Å². The van der Waals surface area contributed by atoms with Crippen LogP contribution < -0.4 is 0 Å². The van der Waals surface area contributed by atoms with Crippen LogP contribution in [0, 0.1) is 5.82 Å². The molecule has 0 aliphatic carbocycles. The molecule has 1 unspecified atom stereocenters. The molecule has 0 radical (unpaired) electrons. The Morgan fingerprint density at radius 2 is 2.31 bits per heavy atom. The van der Waals surface area contributed by atoms with Crippen LogP contribution in [-0.4, -0.2) is 31.3 Å². The topological polar surface area (TPSA) is 20.3 Å². The summed E-state index contributed by atoms with van der Waals surface area (Å²) in [6.45, 7) is 1.99. The van der Waals surface area contributed by atoms with Gasteiger partial charge in [-0.15, -0.1) is 0 Å². The Kier molecular flexibility index (Phi) is 3.34. The van der Waals surface area contributed by atoms with Crippen molar-refractivity contribution in [3.63, 3.8) is 0 Å². The summed E-state index contributed by atoms with van der Waals surface area (Å²) in [7, 11) is 2.06. The molecule has 0 bridgehead atoms. The van der Waals surface area contributed by atoms with Gasteiger partial charge < -0.3 is 4.90 Å². The zero-order chi connectivity index (χ0) is 11.5. The number of benzene rings is 1. The lowest BCUT2D eigenvalue weighted by Crippen LogP contribution is -2.31. The number of likely N-dealkylation sites (N-methyl/N-ethyl adjacent to an activating group) is 1. The summed E-state index contributed by atoms with van der Waals surface area (Å²) in [6, 6.07) is 4.91. The third-order valence-electron chi connectivity index (χ3n) is 3.27. The van der Waals surface area contributed by atoms with Gasteiger partial charge in [-0.2, -0.15) is 0 Å². The number of aldehydes is 1. The highest BCUT2D eigenvalue weighted by molar-refractivity contribution is 5.78. The van der Waals surface area contributed by atoms with Gasteiger partial charge in [0.25, 0.3) is 0 Å². The van der Waals surface area contributed by atoms with Gasteiger partial charge >= 0.3 is 0 Å². The maximum Gasteiger partial charge on any atom is 0.153 e. The van der Waals surface area contributed by atoms with Gasteiger partial charge in [-0.3, -0.25) is 4.79 Å². The Balaban J connectivity index is 2.32. The number of hydrogen-bond donors (Lipinski definition) is 0. The van der Waals surface area contributed by atoms with Crippen molar-refractivity contribution in [2.75, 3.05) is 20.1 Å². The van der Waals surface area contributed by atoms with Gasteiger partial charge in [0.1, 0.15) is 5.82 Å². The van der Waals surface area contributed by atoms with Crippen LogP contribution in [0.4, 0.5) is 4.39 Å². The Labute approximate surface area is 95.1 Å².